The lowest BCUT2D eigenvalue weighted by atomic mass is 10.2. The van der Waals surface area contributed by atoms with Crippen LogP contribution in [0.1, 0.15) is 19.4 Å². The molecular weight excluding hydrogens is 433 g/mol. The fourth-order valence-corrected chi connectivity index (χ4v) is 4.29. The van der Waals surface area contributed by atoms with Gasteiger partial charge in [-0.15, -0.1) is 0 Å². The van der Waals surface area contributed by atoms with E-state index in [1.54, 1.807) is 0 Å². The molecule has 0 aromatic heterocycles. The zero-order valence-corrected chi connectivity index (χ0v) is 19.0. The zero-order valence-electron chi connectivity index (χ0n) is 16.7. The van der Waals surface area contributed by atoms with Gasteiger partial charge in [0.15, 0.2) is 0 Å². The molecule has 0 aliphatic carbocycles. The molecule has 0 aliphatic heterocycles. The van der Waals surface area contributed by atoms with E-state index in [0.717, 1.165) is 34.9 Å². The largest absolute Gasteiger partial charge is 0.372 e. The Labute approximate surface area is 182 Å². The molecule has 0 fully saturated rings. The van der Waals surface area contributed by atoms with Crippen molar-refractivity contribution >= 4 is 50.5 Å². The minimum atomic E-state index is -3.71. The van der Waals surface area contributed by atoms with Crippen molar-refractivity contribution in [3.8, 4) is 0 Å². The Morgan fingerprint density at radius 3 is 2.17 bits per heavy atom. The van der Waals surface area contributed by atoms with Crippen LogP contribution in [-0.4, -0.2) is 40.2 Å². The molecule has 0 unspecified atom stereocenters. The standard InChI is InChI=1S/C20H25Cl2N3O3S/c1-4-24(5-2)17-9-6-15(7-10-17)13-23-20(26)14-25(29(3,27)28)19-11-8-16(21)12-18(19)22/h6-12H,4-5,13-14H2,1-3H3,(H,23,26). The predicted octanol–water partition coefficient (Wildman–Crippen LogP) is 3.92. The maximum absolute atomic E-state index is 12.4. The van der Waals surface area contributed by atoms with Crippen LogP contribution in [0.15, 0.2) is 42.5 Å². The number of halogens is 2. The summed E-state index contributed by atoms with van der Waals surface area (Å²) in [5.74, 6) is -0.436. The van der Waals surface area contributed by atoms with E-state index in [9.17, 15) is 13.2 Å². The Hall–Kier alpha value is -1.96. The molecule has 0 saturated heterocycles. The number of rotatable bonds is 9. The Balaban J connectivity index is 2.05. The first-order valence-corrected chi connectivity index (χ1v) is 11.8. The summed E-state index contributed by atoms with van der Waals surface area (Å²) < 4.78 is 25.3. The first-order chi connectivity index (χ1) is 13.7. The molecule has 0 radical (unpaired) electrons. The van der Waals surface area contributed by atoms with E-state index in [2.05, 4.69) is 24.1 Å². The second-order valence-corrected chi connectivity index (χ2v) is 9.23. The van der Waals surface area contributed by atoms with Crippen LogP contribution < -0.4 is 14.5 Å². The molecule has 0 saturated carbocycles. The van der Waals surface area contributed by atoms with Crippen molar-refractivity contribution in [3.63, 3.8) is 0 Å². The third-order valence-corrected chi connectivity index (χ3v) is 6.08. The highest BCUT2D eigenvalue weighted by Crippen LogP contribution is 2.30. The maximum Gasteiger partial charge on any atom is 0.241 e. The highest BCUT2D eigenvalue weighted by atomic mass is 35.5. The lowest BCUT2D eigenvalue weighted by Crippen LogP contribution is -2.40. The van der Waals surface area contributed by atoms with Crippen LogP contribution in [0.3, 0.4) is 0 Å². The van der Waals surface area contributed by atoms with Gasteiger partial charge in [0.05, 0.1) is 17.0 Å². The molecule has 0 bridgehead atoms. The fraction of sp³-hybridized carbons (Fsp3) is 0.350. The summed E-state index contributed by atoms with van der Waals surface area (Å²) in [6, 6.07) is 12.3. The Kier molecular flexibility index (Phi) is 8.19. The number of amides is 1. The number of anilines is 2. The predicted molar refractivity (Wildman–Crippen MR) is 121 cm³/mol. The molecule has 1 N–H and O–H groups in total. The molecule has 0 heterocycles. The van der Waals surface area contributed by atoms with Gasteiger partial charge in [0.1, 0.15) is 6.54 Å². The topological polar surface area (TPSA) is 69.7 Å². The molecule has 0 atom stereocenters. The second-order valence-electron chi connectivity index (χ2n) is 6.48. The lowest BCUT2D eigenvalue weighted by molar-refractivity contribution is -0.119. The van der Waals surface area contributed by atoms with Gasteiger partial charge in [-0.25, -0.2) is 8.42 Å². The van der Waals surface area contributed by atoms with Crippen LogP contribution in [-0.2, 0) is 21.4 Å². The number of hydrogen-bond donors (Lipinski definition) is 1. The van der Waals surface area contributed by atoms with Crippen molar-refractivity contribution in [3.05, 3.63) is 58.1 Å². The second kappa shape index (κ2) is 10.2. The van der Waals surface area contributed by atoms with Gasteiger partial charge < -0.3 is 10.2 Å². The van der Waals surface area contributed by atoms with Gasteiger partial charge in [-0.2, -0.15) is 0 Å². The van der Waals surface area contributed by atoms with Crippen LogP contribution in [0, 0.1) is 0 Å². The Bertz CT molecular complexity index is 946. The summed E-state index contributed by atoms with van der Waals surface area (Å²) in [5, 5.41) is 3.29. The van der Waals surface area contributed by atoms with Crippen molar-refractivity contribution in [2.45, 2.75) is 20.4 Å². The number of hydrogen-bond acceptors (Lipinski definition) is 4. The van der Waals surface area contributed by atoms with Gasteiger partial charge in [0, 0.05) is 30.3 Å². The normalized spacial score (nSPS) is 11.2. The van der Waals surface area contributed by atoms with Gasteiger partial charge >= 0.3 is 0 Å². The minimum absolute atomic E-state index is 0.155. The molecule has 9 heteroatoms. The van der Waals surface area contributed by atoms with Gasteiger partial charge in [-0.3, -0.25) is 9.10 Å². The molecule has 2 aromatic carbocycles. The van der Waals surface area contributed by atoms with Crippen LogP contribution >= 0.6 is 23.2 Å². The number of nitrogens with zero attached hydrogens (tertiary/aromatic N) is 2. The van der Waals surface area contributed by atoms with Gasteiger partial charge in [-0.05, 0) is 49.7 Å². The van der Waals surface area contributed by atoms with Gasteiger partial charge in [-0.1, -0.05) is 35.3 Å². The summed E-state index contributed by atoms with van der Waals surface area (Å²) in [5.41, 5.74) is 2.24. The maximum atomic E-state index is 12.4. The SMILES string of the molecule is CCN(CC)c1ccc(CNC(=O)CN(c2ccc(Cl)cc2Cl)S(C)(=O)=O)cc1. The smallest absolute Gasteiger partial charge is 0.241 e. The lowest BCUT2D eigenvalue weighted by Gasteiger charge is -2.23. The quantitative estimate of drug-likeness (QED) is 0.619. The van der Waals surface area contributed by atoms with Crippen molar-refractivity contribution in [2.75, 3.05) is 35.1 Å². The third-order valence-electron chi connectivity index (χ3n) is 4.42. The van der Waals surface area contributed by atoms with Gasteiger partial charge in [0.2, 0.25) is 15.9 Å². The van der Waals surface area contributed by atoms with Crippen LogP contribution in [0.5, 0.6) is 0 Å². The fourth-order valence-electron chi connectivity index (χ4n) is 2.86. The Morgan fingerprint density at radius 1 is 1.03 bits per heavy atom. The summed E-state index contributed by atoms with van der Waals surface area (Å²) in [7, 11) is -3.71. The molecular formula is C20H25Cl2N3O3S. The summed E-state index contributed by atoms with van der Waals surface area (Å²) >= 11 is 12.0. The molecule has 158 valence electrons. The van der Waals surface area contributed by atoms with Crippen molar-refractivity contribution in [2.24, 2.45) is 0 Å². The van der Waals surface area contributed by atoms with Crippen LogP contribution in [0.2, 0.25) is 10.0 Å². The first kappa shape index (κ1) is 23.3. The molecule has 2 aromatic rings. The molecule has 29 heavy (non-hydrogen) atoms. The van der Waals surface area contributed by atoms with Crippen LogP contribution in [0.4, 0.5) is 11.4 Å². The molecule has 6 nitrogen and oxygen atoms in total. The Morgan fingerprint density at radius 2 is 1.66 bits per heavy atom. The molecule has 1 amide bonds. The van der Waals surface area contributed by atoms with E-state index < -0.39 is 15.9 Å². The highest BCUT2D eigenvalue weighted by molar-refractivity contribution is 7.92. The van der Waals surface area contributed by atoms with E-state index in [0.29, 0.717) is 11.6 Å². The average molecular weight is 458 g/mol. The summed E-state index contributed by atoms with van der Waals surface area (Å²) in [6.07, 6.45) is 1.02. The number of nitrogens with one attached hydrogen (secondary N) is 1. The van der Waals surface area contributed by atoms with E-state index in [1.165, 1.54) is 18.2 Å². The van der Waals surface area contributed by atoms with Crippen molar-refractivity contribution in [1.29, 1.82) is 0 Å². The molecule has 0 spiro atoms. The number of carbonyl (C=O) groups is 1. The van der Waals surface area contributed by atoms with Crippen molar-refractivity contribution < 1.29 is 13.2 Å². The van der Waals surface area contributed by atoms with E-state index >= 15 is 0 Å². The zero-order chi connectivity index (χ0) is 21.6. The van der Waals surface area contributed by atoms with E-state index in [1.807, 2.05) is 24.3 Å². The summed E-state index contributed by atoms with van der Waals surface area (Å²) in [4.78, 5) is 14.6. The van der Waals surface area contributed by atoms with Crippen molar-refractivity contribution in [1.82, 2.24) is 5.32 Å². The van der Waals surface area contributed by atoms with Gasteiger partial charge in [0.25, 0.3) is 0 Å². The number of carbonyl (C=O) groups excluding carboxylic acids is 1. The molecule has 2 rings (SSSR count). The monoisotopic (exact) mass is 457 g/mol. The van der Waals surface area contributed by atoms with E-state index in [-0.39, 0.29) is 17.3 Å². The third kappa shape index (κ3) is 6.52. The number of benzene rings is 2. The average Bonchev–Trinajstić information content (AvgIpc) is 2.66. The van der Waals surface area contributed by atoms with Crippen LogP contribution in [0.25, 0.3) is 0 Å². The van der Waals surface area contributed by atoms with E-state index in [4.69, 9.17) is 23.2 Å². The molecule has 0 aliphatic rings. The first-order valence-electron chi connectivity index (χ1n) is 9.19. The summed E-state index contributed by atoms with van der Waals surface area (Å²) in [6.45, 7) is 5.94. The highest BCUT2D eigenvalue weighted by Gasteiger charge is 2.23. The minimum Gasteiger partial charge on any atom is -0.372 e. The number of sulfonamides is 1.